The highest BCUT2D eigenvalue weighted by Crippen LogP contribution is 2.35. The van der Waals surface area contributed by atoms with Crippen molar-refractivity contribution in [1.82, 2.24) is 9.80 Å². The third-order valence-corrected chi connectivity index (χ3v) is 7.76. The molecule has 0 saturated carbocycles. The lowest BCUT2D eigenvalue weighted by atomic mass is 10.2. The quantitative estimate of drug-likeness (QED) is 0.363. The number of ether oxygens (including phenoxy) is 2. The van der Waals surface area contributed by atoms with Gasteiger partial charge in [-0.2, -0.15) is 8.42 Å². The molecule has 2 aromatic carbocycles. The summed E-state index contributed by atoms with van der Waals surface area (Å²) in [5.41, 5.74) is 1.40. The maximum Gasteiger partial charge on any atom is 0.339 e. The van der Waals surface area contributed by atoms with Gasteiger partial charge in [0.15, 0.2) is 11.5 Å². The molecule has 12 heteroatoms. The Bertz CT molecular complexity index is 1330. The molecular formula is C25H26N2O8S2. The summed E-state index contributed by atoms with van der Waals surface area (Å²) in [4.78, 5) is 40.5. The van der Waals surface area contributed by atoms with Gasteiger partial charge in [0.25, 0.3) is 11.1 Å². The second-order valence-corrected chi connectivity index (χ2v) is 10.8. The summed E-state index contributed by atoms with van der Waals surface area (Å²) >= 11 is 0.732. The van der Waals surface area contributed by atoms with Gasteiger partial charge in [-0.1, -0.05) is 23.8 Å². The molecule has 0 unspecified atom stereocenters. The molecule has 2 saturated heterocycles. The van der Waals surface area contributed by atoms with Gasteiger partial charge in [0.1, 0.15) is 11.4 Å². The standard InChI is InChI=1S/C25H26N2O8S2/c1-3-34-21-14-18(6-9-20(21)35-37(31,32)19-7-4-17(2)5-8-19)15-22-24(29)27(25(30)36-22)16-23(28)26-10-12-33-13-11-26/h4-9,14-15H,3,10-13,16H2,1-2H3/b22-15-. The third kappa shape index (κ3) is 6.32. The first-order valence-corrected chi connectivity index (χ1v) is 13.8. The molecule has 3 amide bonds. The molecule has 0 aliphatic carbocycles. The summed E-state index contributed by atoms with van der Waals surface area (Å²) in [7, 11) is -4.10. The van der Waals surface area contributed by atoms with Crippen LogP contribution >= 0.6 is 11.8 Å². The number of carbonyl (C=O) groups excluding carboxylic acids is 3. The molecule has 0 N–H and O–H groups in total. The maximum absolute atomic E-state index is 12.9. The van der Waals surface area contributed by atoms with Crippen LogP contribution in [0, 0.1) is 6.92 Å². The number of benzene rings is 2. The van der Waals surface area contributed by atoms with E-state index in [4.69, 9.17) is 13.7 Å². The Morgan fingerprint density at radius 1 is 1.08 bits per heavy atom. The normalized spacial score (nSPS) is 17.4. The fourth-order valence-electron chi connectivity index (χ4n) is 3.66. The lowest BCUT2D eigenvalue weighted by Crippen LogP contribution is -2.46. The van der Waals surface area contributed by atoms with Crippen LogP contribution in [0.2, 0.25) is 0 Å². The van der Waals surface area contributed by atoms with Crippen LogP contribution in [-0.4, -0.2) is 74.7 Å². The molecular weight excluding hydrogens is 520 g/mol. The van der Waals surface area contributed by atoms with Crippen molar-refractivity contribution < 1.29 is 36.5 Å². The molecule has 0 atom stereocenters. The molecule has 0 spiro atoms. The topological polar surface area (TPSA) is 120 Å². The molecule has 0 aromatic heterocycles. The Morgan fingerprint density at radius 3 is 2.46 bits per heavy atom. The summed E-state index contributed by atoms with van der Waals surface area (Å²) in [5.74, 6) is -0.740. The molecule has 0 bridgehead atoms. The second-order valence-electron chi connectivity index (χ2n) is 8.25. The monoisotopic (exact) mass is 546 g/mol. The van der Waals surface area contributed by atoms with E-state index >= 15 is 0 Å². The van der Waals surface area contributed by atoms with Crippen LogP contribution < -0.4 is 8.92 Å². The summed E-state index contributed by atoms with van der Waals surface area (Å²) in [6.07, 6.45) is 1.49. The molecule has 2 aliphatic rings. The molecule has 2 aliphatic heterocycles. The van der Waals surface area contributed by atoms with Crippen molar-refractivity contribution in [3.8, 4) is 11.5 Å². The fraction of sp³-hybridized carbons (Fsp3) is 0.320. The van der Waals surface area contributed by atoms with Gasteiger partial charge in [0.2, 0.25) is 5.91 Å². The van der Waals surface area contributed by atoms with Crippen LogP contribution in [0.15, 0.2) is 52.3 Å². The number of hydrogen-bond acceptors (Lipinski definition) is 9. The van der Waals surface area contributed by atoms with E-state index in [1.54, 1.807) is 30.0 Å². The van der Waals surface area contributed by atoms with E-state index in [-0.39, 0.29) is 40.4 Å². The third-order valence-electron chi connectivity index (χ3n) is 5.61. The van der Waals surface area contributed by atoms with E-state index in [1.165, 1.54) is 30.3 Å². The summed E-state index contributed by atoms with van der Waals surface area (Å²) in [6.45, 7) is 5.16. The Kier molecular flexibility index (Phi) is 8.20. The van der Waals surface area contributed by atoms with Gasteiger partial charge >= 0.3 is 10.1 Å². The van der Waals surface area contributed by atoms with E-state index in [9.17, 15) is 22.8 Å². The van der Waals surface area contributed by atoms with Gasteiger partial charge in [0, 0.05) is 13.1 Å². The first-order valence-electron chi connectivity index (χ1n) is 11.6. The highest BCUT2D eigenvalue weighted by atomic mass is 32.2. The molecule has 2 fully saturated rings. The molecule has 196 valence electrons. The first kappa shape index (κ1) is 26.7. The van der Waals surface area contributed by atoms with Crippen LogP contribution in [0.4, 0.5) is 4.79 Å². The minimum absolute atomic E-state index is 0.00456. The van der Waals surface area contributed by atoms with E-state index < -0.39 is 21.3 Å². The predicted octanol–water partition coefficient (Wildman–Crippen LogP) is 3.06. The Labute approximate surface area is 219 Å². The summed E-state index contributed by atoms with van der Waals surface area (Å²) < 4.78 is 41.6. The lowest BCUT2D eigenvalue weighted by Gasteiger charge is -2.28. The Hall–Kier alpha value is -3.35. The van der Waals surface area contributed by atoms with Crippen molar-refractivity contribution in [3.63, 3.8) is 0 Å². The molecule has 10 nitrogen and oxygen atoms in total. The van der Waals surface area contributed by atoms with Crippen molar-refractivity contribution in [1.29, 1.82) is 0 Å². The van der Waals surface area contributed by atoms with Crippen LogP contribution in [0.1, 0.15) is 18.1 Å². The zero-order valence-electron chi connectivity index (χ0n) is 20.3. The summed E-state index contributed by atoms with van der Waals surface area (Å²) in [6, 6.07) is 10.8. The zero-order valence-corrected chi connectivity index (χ0v) is 22.0. The van der Waals surface area contributed by atoms with Crippen molar-refractivity contribution >= 4 is 45.0 Å². The average Bonchev–Trinajstić information content (AvgIpc) is 3.13. The number of nitrogens with zero attached hydrogens (tertiary/aromatic N) is 2. The van der Waals surface area contributed by atoms with Gasteiger partial charge in [-0.15, -0.1) is 0 Å². The lowest BCUT2D eigenvalue weighted by molar-refractivity contribution is -0.139. The van der Waals surface area contributed by atoms with Gasteiger partial charge in [-0.05, 0) is 61.5 Å². The summed E-state index contributed by atoms with van der Waals surface area (Å²) in [5, 5.41) is -0.535. The van der Waals surface area contributed by atoms with E-state index in [0.717, 1.165) is 22.2 Å². The maximum atomic E-state index is 12.9. The number of imide groups is 1. The number of aryl methyl sites for hydroxylation is 1. The van der Waals surface area contributed by atoms with Gasteiger partial charge < -0.3 is 18.6 Å². The number of carbonyl (C=O) groups is 3. The van der Waals surface area contributed by atoms with Crippen LogP contribution in [0.25, 0.3) is 6.08 Å². The zero-order chi connectivity index (χ0) is 26.6. The second kappa shape index (κ2) is 11.4. The Morgan fingerprint density at radius 2 is 1.78 bits per heavy atom. The number of amides is 3. The van der Waals surface area contributed by atoms with Crippen molar-refractivity contribution in [2.24, 2.45) is 0 Å². The van der Waals surface area contributed by atoms with Crippen LogP contribution in [0.3, 0.4) is 0 Å². The highest BCUT2D eigenvalue weighted by molar-refractivity contribution is 8.18. The Balaban J connectivity index is 1.52. The van der Waals surface area contributed by atoms with Crippen LogP contribution in [0.5, 0.6) is 11.5 Å². The number of hydrogen-bond donors (Lipinski definition) is 0. The van der Waals surface area contributed by atoms with E-state index in [1.807, 2.05) is 6.92 Å². The van der Waals surface area contributed by atoms with Crippen molar-refractivity contribution in [2.45, 2.75) is 18.7 Å². The molecule has 2 heterocycles. The molecule has 0 radical (unpaired) electrons. The van der Waals surface area contributed by atoms with Crippen molar-refractivity contribution in [2.75, 3.05) is 39.5 Å². The predicted molar refractivity (Wildman–Crippen MR) is 137 cm³/mol. The number of thioether (sulfide) groups is 1. The molecule has 37 heavy (non-hydrogen) atoms. The van der Waals surface area contributed by atoms with Gasteiger partial charge in [-0.3, -0.25) is 19.3 Å². The van der Waals surface area contributed by atoms with Gasteiger partial charge in [-0.25, -0.2) is 0 Å². The minimum atomic E-state index is -4.10. The van der Waals surface area contributed by atoms with Crippen LogP contribution in [-0.2, 0) is 24.4 Å². The number of morpholine rings is 1. The first-order chi connectivity index (χ1) is 17.7. The highest BCUT2D eigenvalue weighted by Gasteiger charge is 2.37. The fourth-order valence-corrected chi connectivity index (χ4v) is 5.44. The SMILES string of the molecule is CCOc1cc(/C=C2\SC(=O)N(CC(=O)N3CCOCC3)C2=O)ccc1OS(=O)(=O)c1ccc(C)cc1. The largest absolute Gasteiger partial charge is 0.490 e. The van der Waals surface area contributed by atoms with E-state index in [0.29, 0.717) is 31.9 Å². The van der Waals surface area contributed by atoms with E-state index in [2.05, 4.69) is 0 Å². The smallest absolute Gasteiger partial charge is 0.339 e. The molecule has 4 rings (SSSR count). The number of rotatable bonds is 8. The van der Waals surface area contributed by atoms with Gasteiger partial charge in [0.05, 0.1) is 24.7 Å². The molecule has 2 aromatic rings. The minimum Gasteiger partial charge on any atom is -0.490 e. The average molecular weight is 547 g/mol. The van der Waals surface area contributed by atoms with Crippen molar-refractivity contribution in [3.05, 3.63) is 58.5 Å².